The quantitative estimate of drug-likeness (QED) is 0.832. The van der Waals surface area contributed by atoms with E-state index < -0.39 is 0 Å². The molecular weight excluding hydrogens is 214 g/mol. The number of hydrogen-bond donors (Lipinski definition) is 2. The minimum Gasteiger partial charge on any atom is -0.443 e. The van der Waals surface area contributed by atoms with Crippen molar-refractivity contribution in [3.05, 3.63) is 24.6 Å². The van der Waals surface area contributed by atoms with Gasteiger partial charge in [-0.2, -0.15) is 0 Å². The number of benzene rings is 1. The third-order valence-electron chi connectivity index (χ3n) is 3.15. The molecule has 0 spiro atoms. The van der Waals surface area contributed by atoms with Crippen molar-refractivity contribution in [3.63, 3.8) is 0 Å². The van der Waals surface area contributed by atoms with E-state index in [4.69, 9.17) is 10.2 Å². The second kappa shape index (κ2) is 5.19. The molecule has 0 aliphatic heterocycles. The highest BCUT2D eigenvalue weighted by atomic mass is 16.3. The zero-order valence-electron chi connectivity index (χ0n) is 10.3. The molecule has 0 amide bonds. The van der Waals surface area contributed by atoms with Crippen molar-refractivity contribution in [1.82, 2.24) is 4.98 Å². The number of rotatable bonds is 5. The number of aromatic nitrogens is 1. The molecule has 17 heavy (non-hydrogen) atoms. The standard InChI is InChI=1S/C13H19N3O/c1-9(2)10(6-14)7-15-11-3-4-12-13(5-11)17-8-16-12/h3-5,8-10,15H,6-7,14H2,1-2H3. The fraction of sp³-hybridized carbons (Fsp3) is 0.462. The number of nitrogens with two attached hydrogens (primary N) is 1. The van der Waals surface area contributed by atoms with Gasteiger partial charge >= 0.3 is 0 Å². The first-order chi connectivity index (χ1) is 8.20. The van der Waals surface area contributed by atoms with Crippen molar-refractivity contribution in [2.45, 2.75) is 13.8 Å². The highest BCUT2D eigenvalue weighted by molar-refractivity contribution is 5.76. The van der Waals surface area contributed by atoms with Gasteiger partial charge in [0.25, 0.3) is 0 Å². The molecule has 0 aliphatic rings. The average molecular weight is 233 g/mol. The Labute approximate surface area is 101 Å². The number of hydrogen-bond acceptors (Lipinski definition) is 4. The molecule has 1 heterocycles. The largest absolute Gasteiger partial charge is 0.443 e. The van der Waals surface area contributed by atoms with Gasteiger partial charge in [0.2, 0.25) is 0 Å². The van der Waals surface area contributed by atoms with Crippen LogP contribution in [-0.2, 0) is 0 Å². The van der Waals surface area contributed by atoms with Gasteiger partial charge in [-0.1, -0.05) is 13.8 Å². The third kappa shape index (κ3) is 2.77. The summed E-state index contributed by atoms with van der Waals surface area (Å²) in [6.45, 7) is 5.97. The van der Waals surface area contributed by atoms with E-state index in [1.807, 2.05) is 18.2 Å². The van der Waals surface area contributed by atoms with Crippen molar-refractivity contribution in [2.24, 2.45) is 17.6 Å². The summed E-state index contributed by atoms with van der Waals surface area (Å²) in [5.41, 5.74) is 8.49. The van der Waals surface area contributed by atoms with Crippen LogP contribution in [0, 0.1) is 11.8 Å². The molecule has 4 nitrogen and oxygen atoms in total. The Bertz CT molecular complexity index is 478. The lowest BCUT2D eigenvalue weighted by molar-refractivity contribution is 0.413. The molecule has 1 atom stereocenters. The Morgan fingerprint density at radius 2 is 2.24 bits per heavy atom. The van der Waals surface area contributed by atoms with E-state index in [0.29, 0.717) is 18.4 Å². The summed E-state index contributed by atoms with van der Waals surface area (Å²) >= 11 is 0. The Balaban J connectivity index is 2.02. The van der Waals surface area contributed by atoms with Crippen LogP contribution in [0.15, 0.2) is 29.0 Å². The first kappa shape index (κ1) is 11.9. The number of nitrogens with zero attached hydrogens (tertiary/aromatic N) is 1. The molecule has 0 aliphatic carbocycles. The molecule has 0 bridgehead atoms. The van der Waals surface area contributed by atoms with E-state index in [0.717, 1.165) is 23.3 Å². The number of nitrogens with one attached hydrogen (secondary N) is 1. The smallest absolute Gasteiger partial charge is 0.181 e. The Morgan fingerprint density at radius 1 is 1.41 bits per heavy atom. The van der Waals surface area contributed by atoms with E-state index in [2.05, 4.69) is 24.1 Å². The van der Waals surface area contributed by atoms with Gasteiger partial charge in [-0.25, -0.2) is 4.98 Å². The number of fused-ring (bicyclic) bond motifs is 1. The topological polar surface area (TPSA) is 64.1 Å². The predicted molar refractivity (Wildman–Crippen MR) is 69.9 cm³/mol. The fourth-order valence-electron chi connectivity index (χ4n) is 1.81. The first-order valence-electron chi connectivity index (χ1n) is 5.98. The van der Waals surface area contributed by atoms with E-state index in [1.54, 1.807) is 0 Å². The van der Waals surface area contributed by atoms with E-state index in [1.165, 1.54) is 6.39 Å². The Morgan fingerprint density at radius 3 is 2.94 bits per heavy atom. The lowest BCUT2D eigenvalue weighted by Crippen LogP contribution is -2.27. The van der Waals surface area contributed by atoms with Crippen molar-refractivity contribution in [1.29, 1.82) is 0 Å². The van der Waals surface area contributed by atoms with Gasteiger partial charge in [-0.15, -0.1) is 0 Å². The van der Waals surface area contributed by atoms with E-state index in [9.17, 15) is 0 Å². The van der Waals surface area contributed by atoms with Crippen LogP contribution in [0.2, 0.25) is 0 Å². The fourth-order valence-corrected chi connectivity index (χ4v) is 1.81. The van der Waals surface area contributed by atoms with Gasteiger partial charge in [0.05, 0.1) is 0 Å². The summed E-state index contributed by atoms with van der Waals surface area (Å²) in [7, 11) is 0. The maximum atomic E-state index is 5.74. The highest BCUT2D eigenvalue weighted by Crippen LogP contribution is 2.18. The van der Waals surface area contributed by atoms with Gasteiger partial charge in [0.15, 0.2) is 12.0 Å². The molecule has 0 fully saturated rings. The van der Waals surface area contributed by atoms with Crippen molar-refractivity contribution in [3.8, 4) is 0 Å². The summed E-state index contributed by atoms with van der Waals surface area (Å²) in [5.74, 6) is 1.07. The van der Waals surface area contributed by atoms with Crippen LogP contribution in [0.4, 0.5) is 5.69 Å². The van der Waals surface area contributed by atoms with Gasteiger partial charge in [-0.3, -0.25) is 0 Å². The van der Waals surface area contributed by atoms with Gasteiger partial charge < -0.3 is 15.5 Å². The molecule has 1 aromatic heterocycles. The number of oxazole rings is 1. The van der Waals surface area contributed by atoms with Crippen LogP contribution >= 0.6 is 0 Å². The van der Waals surface area contributed by atoms with Gasteiger partial charge in [0.1, 0.15) is 5.52 Å². The van der Waals surface area contributed by atoms with E-state index in [-0.39, 0.29) is 0 Å². The summed E-state index contributed by atoms with van der Waals surface area (Å²) in [4.78, 5) is 4.09. The second-order valence-corrected chi connectivity index (χ2v) is 4.66. The molecular formula is C13H19N3O. The van der Waals surface area contributed by atoms with Crippen molar-refractivity contribution in [2.75, 3.05) is 18.4 Å². The lowest BCUT2D eigenvalue weighted by atomic mass is 9.96. The highest BCUT2D eigenvalue weighted by Gasteiger charge is 2.11. The summed E-state index contributed by atoms with van der Waals surface area (Å²) in [5, 5.41) is 3.39. The SMILES string of the molecule is CC(C)C(CN)CNc1ccc2ncoc2c1. The molecule has 4 heteroatoms. The van der Waals surface area contributed by atoms with Gasteiger partial charge in [0, 0.05) is 18.3 Å². The normalized spacial score (nSPS) is 13.2. The lowest BCUT2D eigenvalue weighted by Gasteiger charge is -2.19. The van der Waals surface area contributed by atoms with Gasteiger partial charge in [-0.05, 0) is 30.5 Å². The van der Waals surface area contributed by atoms with Crippen LogP contribution in [0.3, 0.4) is 0 Å². The Hall–Kier alpha value is -1.55. The monoisotopic (exact) mass is 233 g/mol. The summed E-state index contributed by atoms with van der Waals surface area (Å²) in [6.07, 6.45) is 1.46. The van der Waals surface area contributed by atoms with Crippen molar-refractivity contribution >= 4 is 16.8 Å². The molecule has 3 N–H and O–H groups in total. The molecule has 1 aromatic carbocycles. The molecule has 92 valence electrons. The molecule has 1 unspecified atom stereocenters. The van der Waals surface area contributed by atoms with Crippen LogP contribution < -0.4 is 11.1 Å². The maximum Gasteiger partial charge on any atom is 0.181 e. The summed E-state index contributed by atoms with van der Waals surface area (Å²) < 4.78 is 5.26. The minimum absolute atomic E-state index is 0.487. The zero-order chi connectivity index (χ0) is 12.3. The first-order valence-corrected chi connectivity index (χ1v) is 5.98. The second-order valence-electron chi connectivity index (χ2n) is 4.66. The zero-order valence-corrected chi connectivity index (χ0v) is 10.3. The predicted octanol–water partition coefficient (Wildman–Crippen LogP) is 2.47. The Kier molecular flexibility index (Phi) is 3.64. The van der Waals surface area contributed by atoms with E-state index >= 15 is 0 Å². The van der Waals surface area contributed by atoms with Crippen LogP contribution in [-0.4, -0.2) is 18.1 Å². The minimum atomic E-state index is 0.487. The molecule has 2 aromatic rings. The average Bonchev–Trinajstić information content (AvgIpc) is 2.76. The van der Waals surface area contributed by atoms with Crippen LogP contribution in [0.25, 0.3) is 11.1 Å². The van der Waals surface area contributed by atoms with Crippen LogP contribution in [0.5, 0.6) is 0 Å². The maximum absolute atomic E-state index is 5.74. The number of anilines is 1. The molecule has 2 rings (SSSR count). The van der Waals surface area contributed by atoms with Crippen LogP contribution in [0.1, 0.15) is 13.8 Å². The third-order valence-corrected chi connectivity index (χ3v) is 3.15. The summed E-state index contributed by atoms with van der Waals surface area (Å²) in [6, 6.07) is 5.93. The molecule has 0 saturated carbocycles. The molecule has 0 radical (unpaired) electrons. The molecule has 0 saturated heterocycles. The van der Waals surface area contributed by atoms with Crippen molar-refractivity contribution < 1.29 is 4.42 Å².